The highest BCUT2D eigenvalue weighted by Gasteiger charge is 2.37. The molecular weight excluding hydrogens is 1490 g/mol. The van der Waals surface area contributed by atoms with Crippen molar-refractivity contribution in [2.45, 2.75) is 177 Å². The predicted molar refractivity (Wildman–Crippen MR) is 516 cm³/mol. The summed E-state index contributed by atoms with van der Waals surface area (Å²) >= 11 is 0. The molecule has 13 aromatic rings. The van der Waals surface area contributed by atoms with Gasteiger partial charge in [0.2, 0.25) is 0 Å². The van der Waals surface area contributed by atoms with Gasteiger partial charge >= 0.3 is 0 Å². The lowest BCUT2D eigenvalue weighted by Crippen LogP contribution is -2.42. The van der Waals surface area contributed by atoms with E-state index < -0.39 is 5.54 Å². The Bertz CT molecular complexity index is 6320. The maximum absolute atomic E-state index is 7.15. The molecular formula is C115H114N4O3. The van der Waals surface area contributed by atoms with Gasteiger partial charge in [0.1, 0.15) is 0 Å². The normalized spacial score (nSPS) is 16.2. The van der Waals surface area contributed by atoms with Crippen molar-refractivity contribution in [1.29, 1.82) is 0 Å². The van der Waals surface area contributed by atoms with E-state index in [4.69, 9.17) is 14.2 Å². The minimum Gasteiger partial charge on any atom is -0.453 e. The molecule has 2 unspecified atom stereocenters. The van der Waals surface area contributed by atoms with Crippen molar-refractivity contribution in [3.63, 3.8) is 0 Å². The molecule has 0 saturated heterocycles. The van der Waals surface area contributed by atoms with E-state index in [1.54, 1.807) is 0 Å². The number of anilines is 11. The molecule has 18 rings (SSSR count). The number of nitrogens with zero attached hydrogens (tertiary/aromatic N) is 4. The SMILES string of the molecule is CC(C)(C)c1ccc(-c2ccc3c(c2)Oc2cc(C4=CCC(C)(N(c5ccc(-c6ccc7c(c6)Oc6cc(C8=CCC(C(C)(C)C)C=C8)ccc6N7c6ccc(C(C)(C)C)cc6)cc5)c5ccc(-c6ccc7c(c6)Oc6cc(-c8ccc(C(C)(C)C)cc8)ccc6N7c6ccc(C(C)(C)C)cc6)cc5)C=C4)ccc2N3c2ccc(C(C)(C)C)cc2)cc1. The number of fused-ring (bicyclic) bond motifs is 6. The first-order valence-electron chi connectivity index (χ1n) is 43.6. The van der Waals surface area contributed by atoms with Crippen LogP contribution in [0.3, 0.4) is 0 Å². The first-order valence-corrected chi connectivity index (χ1v) is 43.6. The Labute approximate surface area is 724 Å². The zero-order chi connectivity index (χ0) is 85.3. The third-order valence-electron chi connectivity index (χ3n) is 25.7. The predicted octanol–water partition coefficient (Wildman–Crippen LogP) is 33.5. The molecule has 7 nitrogen and oxygen atoms in total. The fourth-order valence-corrected chi connectivity index (χ4v) is 17.9. The van der Waals surface area contributed by atoms with Crippen LogP contribution in [0.25, 0.3) is 55.7 Å². The third kappa shape index (κ3) is 15.6. The molecule has 13 aromatic carbocycles. The Morgan fingerprint density at radius 3 is 0.770 bits per heavy atom. The van der Waals surface area contributed by atoms with Gasteiger partial charge in [0.15, 0.2) is 34.5 Å². The van der Waals surface area contributed by atoms with Crippen LogP contribution in [0.1, 0.15) is 183 Å². The van der Waals surface area contributed by atoms with E-state index in [-0.39, 0.29) is 32.5 Å². The molecule has 0 amide bonds. The summed E-state index contributed by atoms with van der Waals surface area (Å²) in [4.78, 5) is 9.60. The molecule has 2 atom stereocenters. The van der Waals surface area contributed by atoms with Crippen LogP contribution in [-0.4, -0.2) is 5.54 Å². The highest BCUT2D eigenvalue weighted by Crippen LogP contribution is 2.58. The van der Waals surface area contributed by atoms with Crippen LogP contribution in [0.2, 0.25) is 0 Å². The number of ether oxygens (including phenoxy) is 3. The van der Waals surface area contributed by atoms with E-state index in [2.05, 4.69) is 467 Å². The molecule has 7 heteroatoms. The monoisotopic (exact) mass is 1600 g/mol. The van der Waals surface area contributed by atoms with Crippen molar-refractivity contribution in [1.82, 2.24) is 0 Å². The molecule has 122 heavy (non-hydrogen) atoms. The Balaban J connectivity index is 0.697. The molecule has 0 saturated carbocycles. The number of rotatable bonds is 12. The molecule has 0 fully saturated rings. The van der Waals surface area contributed by atoms with Gasteiger partial charge in [0, 0.05) is 28.4 Å². The second-order valence-electron chi connectivity index (χ2n) is 40.7. The lowest BCUT2D eigenvalue weighted by Gasteiger charge is -2.42. The van der Waals surface area contributed by atoms with Crippen LogP contribution in [0.15, 0.2) is 316 Å². The van der Waals surface area contributed by atoms with Gasteiger partial charge in [-0.3, -0.25) is 0 Å². The maximum Gasteiger partial charge on any atom is 0.152 e. The molecule has 0 aromatic heterocycles. The number of hydrogen-bond acceptors (Lipinski definition) is 7. The van der Waals surface area contributed by atoms with Crippen LogP contribution >= 0.6 is 0 Å². The Hall–Kier alpha value is -12.6. The quantitative estimate of drug-likeness (QED) is 0.121. The Morgan fingerprint density at radius 1 is 0.279 bits per heavy atom. The second-order valence-corrected chi connectivity index (χ2v) is 40.7. The van der Waals surface area contributed by atoms with Crippen molar-refractivity contribution < 1.29 is 14.2 Å². The smallest absolute Gasteiger partial charge is 0.152 e. The Kier molecular flexibility index (Phi) is 19.9. The van der Waals surface area contributed by atoms with Gasteiger partial charge in [-0.15, -0.1) is 0 Å². The van der Waals surface area contributed by atoms with Crippen LogP contribution in [0.4, 0.5) is 62.6 Å². The average Bonchev–Trinajstić information content (AvgIpc) is 0.753. The topological polar surface area (TPSA) is 40.7 Å². The third-order valence-corrected chi connectivity index (χ3v) is 25.7. The number of hydrogen-bond donors (Lipinski definition) is 0. The van der Waals surface area contributed by atoms with Gasteiger partial charge in [-0.05, 0) is 286 Å². The summed E-state index contributed by atoms with van der Waals surface area (Å²) in [7, 11) is 0. The summed E-state index contributed by atoms with van der Waals surface area (Å²) in [5.41, 5.74) is 31.0. The highest BCUT2D eigenvalue weighted by molar-refractivity contribution is 5.94. The minimum atomic E-state index is -0.527. The van der Waals surface area contributed by atoms with Gasteiger partial charge in [-0.1, -0.05) is 307 Å². The summed E-state index contributed by atoms with van der Waals surface area (Å²) in [6.07, 6.45) is 16.0. The average molecular weight is 1600 g/mol. The van der Waals surface area contributed by atoms with Crippen molar-refractivity contribution >= 4 is 73.7 Å². The molecule has 612 valence electrons. The zero-order valence-electron chi connectivity index (χ0n) is 74.5. The molecule has 3 aliphatic heterocycles. The summed E-state index contributed by atoms with van der Waals surface area (Å²) < 4.78 is 21.4. The highest BCUT2D eigenvalue weighted by atomic mass is 16.5. The van der Waals surface area contributed by atoms with Crippen LogP contribution in [0, 0.1) is 11.3 Å². The standard InChI is InChI=1S/C115H114N4O3/c1-109(2,3)86-36-20-74(21-37-86)80-30-58-97-103(68-80)120-106-71-83(33-61-100(106)116(97)92-52-42-89(43-53-92)112(10,11)12)77-26-48-95(49-27-77)119(96-50-28-78(29-51-96)84-34-62-101-107(72-84)121-104-69-81(75-22-38-87(39-23-75)110(4,5)6)31-59-98(104)117(101)93-54-44-90(45-55-93)113(13,14)15)115(19)66-64-79(65-67-115)85-35-63-102-108(73-85)122-105-70-82(76-24-40-88(41-25-76)111(7,8)9)32-60-99(105)118(102)94-56-46-91(47-57-94)114(16,17)18/h20-38,40-66,68-73,87H,39,67H2,1-19H3. The van der Waals surface area contributed by atoms with E-state index >= 15 is 0 Å². The van der Waals surface area contributed by atoms with Gasteiger partial charge < -0.3 is 33.8 Å². The number of allylic oxidation sites excluding steroid dienone is 6. The lowest BCUT2D eigenvalue weighted by molar-refractivity contribution is 0.294. The van der Waals surface area contributed by atoms with E-state index in [9.17, 15) is 0 Å². The molecule has 5 aliphatic rings. The molecule has 3 heterocycles. The zero-order valence-corrected chi connectivity index (χ0v) is 74.5. The first-order chi connectivity index (χ1) is 58.0. The Morgan fingerprint density at radius 2 is 0.525 bits per heavy atom. The molecule has 0 spiro atoms. The van der Waals surface area contributed by atoms with Gasteiger partial charge in [0.05, 0.1) is 39.7 Å². The summed E-state index contributed by atoms with van der Waals surface area (Å²) in [6, 6.07) is 104. The molecule has 0 bridgehead atoms. The van der Waals surface area contributed by atoms with Crippen molar-refractivity contribution in [3.05, 3.63) is 354 Å². The minimum absolute atomic E-state index is 0.00659. The molecule has 0 N–H and O–H groups in total. The van der Waals surface area contributed by atoms with E-state index in [0.29, 0.717) is 12.3 Å². The fraction of sp³-hybridized carbons (Fsp3) is 0.252. The van der Waals surface area contributed by atoms with Crippen LogP contribution in [-0.2, 0) is 27.1 Å². The van der Waals surface area contributed by atoms with Gasteiger partial charge in [0.25, 0.3) is 0 Å². The summed E-state index contributed by atoms with van der Waals surface area (Å²) in [6.45, 7) is 43.4. The summed E-state index contributed by atoms with van der Waals surface area (Å²) in [5.74, 6) is 5.33. The lowest BCUT2D eigenvalue weighted by atomic mass is 9.76. The fourth-order valence-electron chi connectivity index (χ4n) is 17.9. The number of benzene rings is 13. The van der Waals surface area contributed by atoms with Crippen LogP contribution in [0.5, 0.6) is 34.5 Å². The maximum atomic E-state index is 7.15. The van der Waals surface area contributed by atoms with Gasteiger partial charge in [-0.2, -0.15) is 0 Å². The van der Waals surface area contributed by atoms with Gasteiger partial charge in [-0.25, -0.2) is 0 Å². The molecule has 0 radical (unpaired) electrons. The van der Waals surface area contributed by atoms with Crippen molar-refractivity contribution in [2.75, 3.05) is 19.6 Å². The van der Waals surface area contributed by atoms with Crippen molar-refractivity contribution in [3.8, 4) is 79.0 Å². The van der Waals surface area contributed by atoms with E-state index in [1.807, 2.05) is 0 Å². The van der Waals surface area contributed by atoms with Crippen LogP contribution < -0.4 is 33.8 Å². The van der Waals surface area contributed by atoms with E-state index in [0.717, 1.165) is 165 Å². The second kappa shape index (κ2) is 30.2. The van der Waals surface area contributed by atoms with Crippen molar-refractivity contribution in [2.24, 2.45) is 11.3 Å². The summed E-state index contributed by atoms with van der Waals surface area (Å²) in [5, 5.41) is 0. The van der Waals surface area contributed by atoms with E-state index in [1.165, 1.54) is 33.4 Å². The molecule has 2 aliphatic carbocycles. The largest absolute Gasteiger partial charge is 0.453 e. The first kappa shape index (κ1) is 80.5.